The first-order valence-corrected chi connectivity index (χ1v) is 13.8. The molecular weight excluding hydrogens is 572 g/mol. The zero-order chi connectivity index (χ0) is 36.5. The van der Waals surface area contributed by atoms with E-state index >= 15 is 0 Å². The average molecular weight is 613 g/mol. The molecule has 4 aromatic heterocycles. The fourth-order valence-electron chi connectivity index (χ4n) is 6.14. The lowest BCUT2D eigenvalue weighted by Crippen LogP contribution is -2.37. The number of nitrogens with one attached hydrogen (secondary N) is 2. The summed E-state index contributed by atoms with van der Waals surface area (Å²) in [6, 6.07) is 3.65. The van der Waals surface area contributed by atoms with Crippen LogP contribution in [0.5, 0.6) is 0 Å². The highest BCUT2D eigenvalue weighted by atomic mass is 16.5. The molecule has 0 bridgehead atoms. The number of anilines is 3. The van der Waals surface area contributed by atoms with Gasteiger partial charge < -0.3 is 25.8 Å². The second kappa shape index (κ2) is 10.5. The number of fused-ring (bicyclic) bond motifs is 2. The Hall–Kier alpha value is -5.15. The zero-order valence-corrected chi connectivity index (χ0v) is 24.0. The number of alkyl carbamates (subject to hydrolysis) is 1. The van der Waals surface area contributed by atoms with Crippen LogP contribution in [0.3, 0.4) is 0 Å². The smallest absolute Gasteiger partial charge is 0.414 e. The Bertz CT molecular complexity index is 2090. The van der Waals surface area contributed by atoms with Crippen molar-refractivity contribution in [3.05, 3.63) is 34.9 Å². The number of nitrogens with two attached hydrogens (primary N) is 1. The third-order valence-electron chi connectivity index (χ3n) is 8.56. The van der Waals surface area contributed by atoms with Gasteiger partial charge in [0.15, 0.2) is 11.5 Å². The highest BCUT2D eigenvalue weighted by Crippen LogP contribution is 2.51. The van der Waals surface area contributed by atoms with Crippen molar-refractivity contribution in [1.29, 1.82) is 0 Å². The molecule has 0 saturated heterocycles. The Morgan fingerprint density at radius 2 is 2.00 bits per heavy atom. The number of nitrogens with zero attached hydrogens (tertiary/aromatic N) is 7. The fraction of sp³-hybridized carbons (Fsp3) is 0.464. The van der Waals surface area contributed by atoms with Gasteiger partial charge in [0.25, 0.3) is 0 Å². The molecule has 6 rings (SSSR count). The van der Waals surface area contributed by atoms with E-state index in [1.165, 1.54) is 40.6 Å². The van der Waals surface area contributed by atoms with Crippen molar-refractivity contribution < 1.29 is 32.1 Å². The summed E-state index contributed by atoms with van der Waals surface area (Å²) in [6.07, 6.45) is 0.786. The first-order valence-electron chi connectivity index (χ1n) is 16.8. The number of primary amides is 1. The molecule has 0 aromatic carbocycles. The maximum Gasteiger partial charge on any atom is 0.414 e. The summed E-state index contributed by atoms with van der Waals surface area (Å²) in [5.41, 5.74) is 4.38. The molecule has 0 unspecified atom stereocenters. The van der Waals surface area contributed by atoms with Crippen LogP contribution in [0, 0.1) is 5.92 Å². The number of carbonyl (C=O) groups is 3. The molecule has 2 saturated carbocycles. The Morgan fingerprint density at radius 1 is 1.20 bits per heavy atom. The van der Waals surface area contributed by atoms with Crippen LogP contribution in [0.2, 0.25) is 0 Å². The van der Waals surface area contributed by atoms with E-state index in [9.17, 15) is 19.2 Å². The van der Waals surface area contributed by atoms with Crippen molar-refractivity contribution in [3.63, 3.8) is 0 Å². The van der Waals surface area contributed by atoms with Crippen LogP contribution in [0.1, 0.15) is 46.9 Å². The lowest BCUT2D eigenvalue weighted by atomic mass is 10.2. The molecule has 232 valence electrons. The minimum absolute atomic E-state index is 0.0434. The van der Waals surface area contributed by atoms with Crippen LogP contribution in [0.4, 0.5) is 27.0 Å². The van der Waals surface area contributed by atoms with Gasteiger partial charge in [-0.15, -0.1) is 0 Å². The maximum absolute atomic E-state index is 13.6. The molecule has 0 aliphatic heterocycles. The summed E-state index contributed by atoms with van der Waals surface area (Å²) in [7, 11) is -0.237. The van der Waals surface area contributed by atoms with Gasteiger partial charge in [-0.05, 0) is 43.7 Å². The van der Waals surface area contributed by atoms with Gasteiger partial charge in [-0.25, -0.2) is 29.0 Å². The maximum atomic E-state index is 13.6. The Morgan fingerprint density at radius 3 is 2.68 bits per heavy atom. The largest absolute Gasteiger partial charge is 0.453 e. The molecule has 2 fully saturated rings. The molecule has 2 aliphatic carbocycles. The van der Waals surface area contributed by atoms with Gasteiger partial charge in [0.05, 0.1) is 40.9 Å². The van der Waals surface area contributed by atoms with Gasteiger partial charge in [-0.1, -0.05) is 6.92 Å². The molecule has 4 N–H and O–H groups in total. The van der Waals surface area contributed by atoms with E-state index < -0.39 is 55.4 Å². The number of ether oxygens (including phenoxy) is 2. The molecule has 4 aromatic rings. The number of aromatic nitrogens is 6. The van der Waals surface area contributed by atoms with Gasteiger partial charge in [0.1, 0.15) is 17.2 Å². The van der Waals surface area contributed by atoms with Crippen molar-refractivity contribution in [2.75, 3.05) is 31.4 Å². The average Bonchev–Trinajstić information content (AvgIpc) is 3.29. The highest BCUT2D eigenvalue weighted by molar-refractivity contribution is 5.99. The first kappa shape index (κ1) is 22.4. The number of hydrogen-bond acceptors (Lipinski definition) is 10. The molecule has 3 amide bonds. The quantitative estimate of drug-likeness (QED) is 0.278. The van der Waals surface area contributed by atoms with Gasteiger partial charge >= 0.3 is 17.9 Å². The second-order valence-corrected chi connectivity index (χ2v) is 11.1. The molecule has 16 nitrogen and oxygen atoms in total. The topological polar surface area (TPSA) is 194 Å². The highest BCUT2D eigenvalue weighted by Gasteiger charge is 2.60. The Balaban J connectivity index is 1.38. The van der Waals surface area contributed by atoms with Gasteiger partial charge in [0, 0.05) is 36.3 Å². The molecule has 4 heterocycles. The van der Waals surface area contributed by atoms with Gasteiger partial charge in [-0.2, -0.15) is 5.10 Å². The molecule has 0 spiro atoms. The number of amides is 3. The number of carbonyl (C=O) groups excluding carboxylic acids is 3. The predicted octanol–water partition coefficient (Wildman–Crippen LogP) is 2.10. The SMILES string of the molecule is [2H]C([2H])([2H])OC(=O)N[C@@H]1CC[C@@H](n2c(=O)n(C([2H])([2H])[2H])c3cnc(Nc4ccc5c(N(C)C(=O)OC)nn([C@@]6(C(N)=O)C[C@@H]6C)c5n4)cc32)C1. The zero-order valence-electron chi connectivity index (χ0n) is 30.0. The Labute approximate surface area is 259 Å². The van der Waals surface area contributed by atoms with Crippen molar-refractivity contribution in [3.8, 4) is 0 Å². The third kappa shape index (κ3) is 4.48. The number of hydrogen-bond donors (Lipinski definition) is 3. The summed E-state index contributed by atoms with van der Waals surface area (Å²) in [5, 5.41) is 10.6. The number of aryl methyl sites for hydroxylation is 1. The third-order valence-corrected chi connectivity index (χ3v) is 8.56. The van der Waals surface area contributed by atoms with Crippen molar-refractivity contribution >= 4 is 57.6 Å². The van der Waals surface area contributed by atoms with Crippen molar-refractivity contribution in [2.45, 2.75) is 50.2 Å². The van der Waals surface area contributed by atoms with Gasteiger partial charge in [-0.3, -0.25) is 18.8 Å². The minimum Gasteiger partial charge on any atom is -0.453 e. The van der Waals surface area contributed by atoms with Crippen molar-refractivity contribution in [1.82, 2.24) is 34.2 Å². The first-order chi connectivity index (χ1) is 23.4. The summed E-state index contributed by atoms with van der Waals surface area (Å²) >= 11 is 0. The van der Waals surface area contributed by atoms with E-state index in [2.05, 4.69) is 25.5 Å². The number of methoxy groups -OCH3 is 2. The van der Waals surface area contributed by atoms with Gasteiger partial charge in [0.2, 0.25) is 5.91 Å². The van der Waals surface area contributed by atoms with E-state index in [0.29, 0.717) is 29.2 Å². The number of rotatable bonds is 7. The number of pyridine rings is 2. The van der Waals surface area contributed by atoms with E-state index in [4.69, 9.17) is 23.7 Å². The molecule has 4 atom stereocenters. The van der Waals surface area contributed by atoms with Crippen LogP contribution >= 0.6 is 0 Å². The summed E-state index contributed by atoms with van der Waals surface area (Å²) in [4.78, 5) is 61.0. The van der Waals surface area contributed by atoms with Crippen LogP contribution in [0.25, 0.3) is 22.1 Å². The lowest BCUT2D eigenvalue weighted by molar-refractivity contribution is -0.123. The molecule has 0 radical (unpaired) electrons. The fourth-order valence-corrected chi connectivity index (χ4v) is 6.14. The predicted molar refractivity (Wildman–Crippen MR) is 160 cm³/mol. The van der Waals surface area contributed by atoms with Crippen LogP contribution < -0.4 is 27.0 Å². The van der Waals surface area contributed by atoms with Crippen molar-refractivity contribution in [2.24, 2.45) is 18.6 Å². The van der Waals surface area contributed by atoms with E-state index in [1.54, 1.807) is 12.1 Å². The molecule has 16 heteroatoms. The van der Waals surface area contributed by atoms with E-state index in [-0.39, 0.29) is 46.5 Å². The van der Waals surface area contributed by atoms with Crippen LogP contribution in [-0.2, 0) is 26.8 Å². The summed E-state index contributed by atoms with van der Waals surface area (Å²) in [6.45, 7) is -0.993. The molecule has 2 aliphatic rings. The summed E-state index contributed by atoms with van der Waals surface area (Å²) < 4.78 is 58.1. The van der Waals surface area contributed by atoms with Crippen LogP contribution in [-0.4, -0.2) is 74.2 Å². The van der Waals surface area contributed by atoms with E-state index in [0.717, 1.165) is 0 Å². The molecule has 44 heavy (non-hydrogen) atoms. The monoisotopic (exact) mass is 612 g/mol. The molecular formula is C28H34N10O6. The lowest BCUT2D eigenvalue weighted by Gasteiger charge is -2.15. The second-order valence-electron chi connectivity index (χ2n) is 11.1. The summed E-state index contributed by atoms with van der Waals surface area (Å²) in [5.74, 6) is -0.135. The normalized spacial score (nSPS) is 25.2. The standard InChI is InChI=1S/C28H34N10O6/c1-14-12-28(14,24(29)39)38-22-17(23(34-38)36(3)27(42)44-5)8-9-20(33-22)32-21-11-18-19(13-30-21)35(2)26(41)37(18)16-7-6-15(10-16)31-25(40)43-4/h8-9,11,13-16H,6-7,10,12H2,1-5H3,(H2,29,39)(H,31,40)(H,30,32,33)/t14-,15+,16+,28-/m0/s1/i2D3,4D3. The van der Waals surface area contributed by atoms with Crippen LogP contribution in [0.15, 0.2) is 29.2 Å². The van der Waals surface area contributed by atoms with E-state index in [1.807, 2.05) is 6.92 Å². The Kier molecular flexibility index (Phi) is 5.36. The number of imidazole rings is 1. The minimum atomic E-state index is -2.93.